The Hall–Kier alpha value is -1.06. The second-order valence-electron chi connectivity index (χ2n) is 5.52. The summed E-state index contributed by atoms with van der Waals surface area (Å²) in [5.74, 6) is 1.48. The second-order valence-corrected chi connectivity index (χ2v) is 5.52. The Morgan fingerprint density at radius 1 is 1.26 bits per heavy atom. The predicted molar refractivity (Wildman–Crippen MR) is 77.8 cm³/mol. The average molecular weight is 263 g/mol. The van der Waals surface area contributed by atoms with E-state index in [1.807, 2.05) is 13.1 Å². The summed E-state index contributed by atoms with van der Waals surface area (Å²) >= 11 is 0. The first-order valence-corrected chi connectivity index (χ1v) is 7.22. The van der Waals surface area contributed by atoms with Crippen LogP contribution >= 0.6 is 0 Å². The second kappa shape index (κ2) is 6.92. The van der Waals surface area contributed by atoms with Gasteiger partial charge in [-0.1, -0.05) is 32.0 Å². The molecule has 1 N–H and O–H groups in total. The van der Waals surface area contributed by atoms with Crippen LogP contribution in [-0.2, 0) is 4.74 Å². The summed E-state index contributed by atoms with van der Waals surface area (Å²) in [7, 11) is 1.96. The van der Waals surface area contributed by atoms with Crippen molar-refractivity contribution in [3.8, 4) is 5.75 Å². The molecule has 2 rings (SSSR count). The van der Waals surface area contributed by atoms with Crippen molar-refractivity contribution in [2.24, 2.45) is 0 Å². The highest BCUT2D eigenvalue weighted by molar-refractivity contribution is 5.35. The molecule has 0 amide bonds. The number of likely N-dealkylation sites (N-methyl/N-ethyl adjacent to an activating group) is 1. The molecule has 3 heteroatoms. The van der Waals surface area contributed by atoms with E-state index in [0.717, 1.165) is 25.1 Å². The zero-order chi connectivity index (χ0) is 13.7. The van der Waals surface area contributed by atoms with Gasteiger partial charge in [0.1, 0.15) is 12.4 Å². The van der Waals surface area contributed by atoms with E-state index in [0.29, 0.717) is 18.6 Å². The fourth-order valence-corrected chi connectivity index (χ4v) is 2.55. The third-order valence-corrected chi connectivity index (χ3v) is 3.59. The lowest BCUT2D eigenvalue weighted by atomic mass is 10.0. The minimum Gasteiger partial charge on any atom is -0.491 e. The first kappa shape index (κ1) is 14.4. The van der Waals surface area contributed by atoms with Crippen LogP contribution in [0.2, 0.25) is 0 Å². The van der Waals surface area contributed by atoms with Gasteiger partial charge in [0.25, 0.3) is 0 Å². The normalized spacial score (nSPS) is 22.9. The summed E-state index contributed by atoms with van der Waals surface area (Å²) in [4.78, 5) is 0. The monoisotopic (exact) mass is 263 g/mol. The molecule has 1 aromatic carbocycles. The highest BCUT2D eigenvalue weighted by atomic mass is 16.5. The van der Waals surface area contributed by atoms with Crippen LogP contribution in [0.4, 0.5) is 0 Å². The van der Waals surface area contributed by atoms with Crippen LogP contribution in [0.3, 0.4) is 0 Å². The van der Waals surface area contributed by atoms with Crippen LogP contribution in [0.5, 0.6) is 5.75 Å². The van der Waals surface area contributed by atoms with Gasteiger partial charge in [-0.15, -0.1) is 0 Å². The van der Waals surface area contributed by atoms with E-state index < -0.39 is 0 Å². The van der Waals surface area contributed by atoms with E-state index in [-0.39, 0.29) is 6.10 Å². The molecule has 0 saturated carbocycles. The highest BCUT2D eigenvalue weighted by Crippen LogP contribution is 2.27. The minimum absolute atomic E-state index is 0.235. The third kappa shape index (κ3) is 3.95. The summed E-state index contributed by atoms with van der Waals surface area (Å²) in [6.07, 6.45) is 2.80. The standard InChI is InChI=1S/C16H25NO2/c1-12(2)15-6-4-5-7-16(15)18-11-14-9-8-13(19-14)10-17-3/h4-7,12-14,17H,8-11H2,1-3H3. The topological polar surface area (TPSA) is 30.5 Å². The first-order valence-electron chi connectivity index (χ1n) is 7.22. The molecule has 3 nitrogen and oxygen atoms in total. The maximum absolute atomic E-state index is 5.96. The molecule has 1 fully saturated rings. The Morgan fingerprint density at radius 3 is 2.74 bits per heavy atom. The van der Waals surface area contributed by atoms with Crippen molar-refractivity contribution in [3.63, 3.8) is 0 Å². The SMILES string of the molecule is CNCC1CCC(COc2ccccc2C(C)C)O1. The van der Waals surface area contributed by atoms with Gasteiger partial charge in [-0.2, -0.15) is 0 Å². The van der Waals surface area contributed by atoms with Gasteiger partial charge < -0.3 is 14.8 Å². The van der Waals surface area contributed by atoms with Crippen LogP contribution < -0.4 is 10.1 Å². The Labute approximate surface area is 116 Å². The van der Waals surface area contributed by atoms with E-state index in [9.17, 15) is 0 Å². The van der Waals surface area contributed by atoms with Crippen LogP contribution in [-0.4, -0.2) is 32.4 Å². The van der Waals surface area contributed by atoms with Crippen molar-refractivity contribution in [2.45, 2.75) is 44.8 Å². The highest BCUT2D eigenvalue weighted by Gasteiger charge is 2.25. The molecule has 0 radical (unpaired) electrons. The van der Waals surface area contributed by atoms with Crippen molar-refractivity contribution in [3.05, 3.63) is 29.8 Å². The van der Waals surface area contributed by atoms with Gasteiger partial charge in [-0.3, -0.25) is 0 Å². The molecule has 1 saturated heterocycles. The quantitative estimate of drug-likeness (QED) is 0.856. The van der Waals surface area contributed by atoms with Crippen molar-refractivity contribution >= 4 is 0 Å². The van der Waals surface area contributed by atoms with Gasteiger partial charge in [-0.25, -0.2) is 0 Å². The van der Waals surface area contributed by atoms with E-state index in [1.54, 1.807) is 0 Å². The molecule has 0 spiro atoms. The van der Waals surface area contributed by atoms with E-state index in [4.69, 9.17) is 9.47 Å². The van der Waals surface area contributed by atoms with Crippen molar-refractivity contribution in [2.75, 3.05) is 20.2 Å². The zero-order valence-electron chi connectivity index (χ0n) is 12.2. The van der Waals surface area contributed by atoms with Gasteiger partial charge in [0.05, 0.1) is 12.2 Å². The molecule has 0 bridgehead atoms. The lowest BCUT2D eigenvalue weighted by Crippen LogP contribution is -2.26. The lowest BCUT2D eigenvalue weighted by molar-refractivity contribution is 0.0191. The fourth-order valence-electron chi connectivity index (χ4n) is 2.55. The molecular formula is C16H25NO2. The number of hydrogen-bond donors (Lipinski definition) is 1. The Balaban J connectivity index is 1.86. The van der Waals surface area contributed by atoms with Crippen LogP contribution in [0.15, 0.2) is 24.3 Å². The maximum Gasteiger partial charge on any atom is 0.122 e. The maximum atomic E-state index is 5.96. The van der Waals surface area contributed by atoms with Crippen LogP contribution in [0.1, 0.15) is 38.2 Å². The molecule has 19 heavy (non-hydrogen) atoms. The summed E-state index contributed by atoms with van der Waals surface area (Å²) in [6, 6.07) is 8.28. The van der Waals surface area contributed by atoms with Gasteiger partial charge in [0.15, 0.2) is 0 Å². The number of benzene rings is 1. The number of ether oxygens (including phenoxy) is 2. The smallest absolute Gasteiger partial charge is 0.122 e. The van der Waals surface area contributed by atoms with Gasteiger partial charge >= 0.3 is 0 Å². The molecule has 1 aromatic rings. The molecule has 1 heterocycles. The molecule has 0 aliphatic carbocycles. The fraction of sp³-hybridized carbons (Fsp3) is 0.625. The summed E-state index contributed by atoms with van der Waals surface area (Å²) in [6.45, 7) is 5.97. The van der Waals surface area contributed by atoms with Gasteiger partial charge in [0.2, 0.25) is 0 Å². The molecule has 2 atom stereocenters. The van der Waals surface area contributed by atoms with E-state index in [1.165, 1.54) is 5.56 Å². The minimum atomic E-state index is 0.235. The van der Waals surface area contributed by atoms with Gasteiger partial charge in [-0.05, 0) is 37.4 Å². The summed E-state index contributed by atoms with van der Waals surface area (Å²) in [5.41, 5.74) is 1.27. The largest absolute Gasteiger partial charge is 0.491 e. The molecule has 1 aliphatic heterocycles. The lowest BCUT2D eigenvalue weighted by Gasteiger charge is -2.17. The van der Waals surface area contributed by atoms with E-state index in [2.05, 4.69) is 37.4 Å². The Bertz CT molecular complexity index is 392. The summed E-state index contributed by atoms with van der Waals surface area (Å²) < 4.78 is 11.9. The molecule has 1 aliphatic rings. The number of para-hydroxylation sites is 1. The van der Waals surface area contributed by atoms with Crippen LogP contribution in [0.25, 0.3) is 0 Å². The molecule has 0 aromatic heterocycles. The average Bonchev–Trinajstić information content (AvgIpc) is 2.85. The zero-order valence-corrected chi connectivity index (χ0v) is 12.2. The summed E-state index contributed by atoms with van der Waals surface area (Å²) in [5, 5.41) is 3.16. The number of nitrogens with one attached hydrogen (secondary N) is 1. The Morgan fingerprint density at radius 2 is 2.00 bits per heavy atom. The number of rotatable bonds is 6. The van der Waals surface area contributed by atoms with Crippen LogP contribution in [0, 0.1) is 0 Å². The van der Waals surface area contributed by atoms with Crippen molar-refractivity contribution in [1.82, 2.24) is 5.32 Å². The predicted octanol–water partition coefficient (Wildman–Crippen LogP) is 2.96. The van der Waals surface area contributed by atoms with Crippen molar-refractivity contribution in [1.29, 1.82) is 0 Å². The third-order valence-electron chi connectivity index (χ3n) is 3.59. The Kier molecular flexibility index (Phi) is 5.23. The van der Waals surface area contributed by atoms with Gasteiger partial charge in [0, 0.05) is 6.54 Å². The molecule has 106 valence electrons. The molecular weight excluding hydrogens is 238 g/mol. The molecule has 2 unspecified atom stereocenters. The van der Waals surface area contributed by atoms with E-state index >= 15 is 0 Å². The first-order chi connectivity index (χ1) is 9.20. The van der Waals surface area contributed by atoms with Crippen molar-refractivity contribution < 1.29 is 9.47 Å². The number of hydrogen-bond acceptors (Lipinski definition) is 3.